The SMILES string of the molecule is CN[C@H](Cc1ccc(Cl)cc1)CN(C)C(=O)[C@@H](CC(=O)OC1CCCCCCC1)[C@H]1CCc2ccccc21. The molecule has 4 rings (SSSR count). The van der Waals surface area contributed by atoms with Crippen molar-refractivity contribution in [2.75, 3.05) is 20.6 Å². The number of fused-ring (bicyclic) bond motifs is 1. The summed E-state index contributed by atoms with van der Waals surface area (Å²) in [4.78, 5) is 29.0. The summed E-state index contributed by atoms with van der Waals surface area (Å²) in [6.45, 7) is 0.556. The van der Waals surface area contributed by atoms with Crippen LogP contribution >= 0.6 is 11.6 Å². The van der Waals surface area contributed by atoms with Gasteiger partial charge in [0.05, 0.1) is 12.3 Å². The van der Waals surface area contributed by atoms with E-state index in [0.717, 1.165) is 44.9 Å². The van der Waals surface area contributed by atoms with Crippen LogP contribution in [0.2, 0.25) is 5.02 Å². The summed E-state index contributed by atoms with van der Waals surface area (Å²) < 4.78 is 5.99. The lowest BCUT2D eigenvalue weighted by Gasteiger charge is -2.31. The van der Waals surface area contributed by atoms with Crippen LogP contribution in [0.3, 0.4) is 0 Å². The fourth-order valence-corrected chi connectivity index (χ4v) is 6.35. The zero-order chi connectivity index (χ0) is 26.9. The molecule has 0 unspecified atom stereocenters. The third-order valence-electron chi connectivity index (χ3n) is 8.39. The van der Waals surface area contributed by atoms with Crippen LogP contribution in [0.5, 0.6) is 0 Å². The van der Waals surface area contributed by atoms with Gasteiger partial charge in [0.1, 0.15) is 6.10 Å². The molecule has 1 saturated carbocycles. The number of rotatable bonds is 10. The molecule has 0 aromatic heterocycles. The number of carbonyl (C=O) groups excluding carboxylic acids is 2. The Balaban J connectivity index is 1.46. The number of esters is 1. The molecule has 0 heterocycles. The minimum absolute atomic E-state index is 0.0137. The fraction of sp³-hybridized carbons (Fsp3) is 0.562. The number of hydrogen-bond donors (Lipinski definition) is 1. The number of carbonyl (C=O) groups is 2. The number of benzene rings is 2. The van der Waals surface area contributed by atoms with Crippen molar-refractivity contribution >= 4 is 23.5 Å². The molecule has 2 aliphatic rings. The van der Waals surface area contributed by atoms with Crippen LogP contribution < -0.4 is 5.32 Å². The van der Waals surface area contributed by atoms with Gasteiger partial charge in [-0.05, 0) is 86.7 Å². The maximum atomic E-state index is 14.0. The minimum atomic E-state index is -0.419. The second kappa shape index (κ2) is 14.1. The Morgan fingerprint density at radius 1 is 1.00 bits per heavy atom. The number of nitrogens with zero attached hydrogens (tertiary/aromatic N) is 1. The van der Waals surface area contributed by atoms with Crippen LogP contribution in [0, 0.1) is 5.92 Å². The number of nitrogens with one attached hydrogen (secondary N) is 1. The van der Waals surface area contributed by atoms with E-state index >= 15 is 0 Å². The molecule has 0 aliphatic heterocycles. The number of hydrogen-bond acceptors (Lipinski definition) is 4. The molecule has 1 fully saturated rings. The fourth-order valence-electron chi connectivity index (χ4n) is 6.23. The Bertz CT molecular complexity index is 1050. The van der Waals surface area contributed by atoms with Gasteiger partial charge < -0.3 is 15.0 Å². The van der Waals surface area contributed by atoms with Gasteiger partial charge in [0.25, 0.3) is 0 Å². The van der Waals surface area contributed by atoms with Gasteiger partial charge >= 0.3 is 5.97 Å². The maximum Gasteiger partial charge on any atom is 0.306 e. The van der Waals surface area contributed by atoms with Crippen molar-refractivity contribution in [3.05, 3.63) is 70.2 Å². The molecule has 6 heteroatoms. The molecule has 38 heavy (non-hydrogen) atoms. The second-order valence-electron chi connectivity index (χ2n) is 11.1. The Hall–Kier alpha value is -2.37. The molecule has 2 aromatic carbocycles. The van der Waals surface area contributed by atoms with Gasteiger partial charge in [-0.15, -0.1) is 0 Å². The minimum Gasteiger partial charge on any atom is -0.462 e. The summed E-state index contributed by atoms with van der Waals surface area (Å²) >= 11 is 6.05. The average Bonchev–Trinajstić information content (AvgIpc) is 3.33. The van der Waals surface area contributed by atoms with Crippen LogP contribution in [0.4, 0.5) is 0 Å². The first-order chi connectivity index (χ1) is 18.4. The third-order valence-corrected chi connectivity index (χ3v) is 8.65. The number of likely N-dealkylation sites (N-methyl/N-ethyl adjacent to an activating group) is 2. The smallest absolute Gasteiger partial charge is 0.306 e. The van der Waals surface area contributed by atoms with Gasteiger partial charge in [0, 0.05) is 24.7 Å². The standard InChI is InChI=1S/C32H43ClN2O3/c1-34-26(20-23-14-17-25(33)18-15-23)22-35(2)32(37)30(29-19-16-24-10-8-9-13-28(24)29)21-31(36)38-27-11-6-4-3-5-7-12-27/h8-10,13-15,17-18,26-27,29-30,34H,3-7,11-12,16,19-22H2,1-2H3/t26-,29+,30+/m1/s1. The molecule has 2 aromatic rings. The van der Waals surface area contributed by atoms with Crippen LogP contribution in [0.1, 0.15) is 80.4 Å². The van der Waals surface area contributed by atoms with Crippen molar-refractivity contribution in [3.63, 3.8) is 0 Å². The molecule has 2 aliphatic carbocycles. The predicted octanol–water partition coefficient (Wildman–Crippen LogP) is 6.32. The molecule has 0 saturated heterocycles. The van der Waals surface area contributed by atoms with Crippen molar-refractivity contribution in [1.29, 1.82) is 0 Å². The lowest BCUT2D eigenvalue weighted by atomic mass is 9.83. The molecular weight excluding hydrogens is 496 g/mol. The van der Waals surface area contributed by atoms with Crippen LogP contribution in [-0.4, -0.2) is 49.6 Å². The summed E-state index contributed by atoms with van der Waals surface area (Å²) in [6.07, 6.45) is 10.5. The normalized spacial score (nSPS) is 19.6. The van der Waals surface area contributed by atoms with E-state index in [1.54, 1.807) is 0 Å². The predicted molar refractivity (Wildman–Crippen MR) is 153 cm³/mol. The first kappa shape index (κ1) is 28.6. The summed E-state index contributed by atoms with van der Waals surface area (Å²) in [5.74, 6) is -0.580. The van der Waals surface area contributed by atoms with Crippen molar-refractivity contribution in [2.24, 2.45) is 5.92 Å². The molecule has 1 N–H and O–H groups in total. The molecule has 0 bridgehead atoms. The molecule has 5 nitrogen and oxygen atoms in total. The third kappa shape index (κ3) is 7.83. The summed E-state index contributed by atoms with van der Waals surface area (Å²) in [7, 11) is 3.79. The van der Waals surface area contributed by atoms with Gasteiger partial charge in [0.2, 0.25) is 5.91 Å². The monoisotopic (exact) mass is 538 g/mol. The molecule has 1 amide bonds. The van der Waals surface area contributed by atoms with Crippen molar-refractivity contribution < 1.29 is 14.3 Å². The lowest BCUT2D eigenvalue weighted by molar-refractivity contribution is -0.154. The van der Waals surface area contributed by atoms with Crippen LogP contribution in [0.25, 0.3) is 0 Å². The first-order valence-corrected chi connectivity index (χ1v) is 14.8. The van der Waals surface area contributed by atoms with Crippen molar-refractivity contribution in [2.45, 2.75) is 88.7 Å². The zero-order valence-corrected chi connectivity index (χ0v) is 23.7. The summed E-state index contributed by atoms with van der Waals surface area (Å²) in [5.41, 5.74) is 3.67. The highest BCUT2D eigenvalue weighted by molar-refractivity contribution is 6.30. The number of aryl methyl sites for hydroxylation is 1. The number of halogens is 1. The Labute approximate surface area is 233 Å². The molecule has 3 atom stereocenters. The molecule has 0 radical (unpaired) electrons. The highest BCUT2D eigenvalue weighted by atomic mass is 35.5. The first-order valence-electron chi connectivity index (χ1n) is 14.4. The lowest BCUT2D eigenvalue weighted by Crippen LogP contribution is -2.45. The second-order valence-corrected chi connectivity index (χ2v) is 11.6. The van der Waals surface area contributed by atoms with Gasteiger partial charge in [-0.25, -0.2) is 0 Å². The number of ether oxygens (including phenoxy) is 1. The van der Waals surface area contributed by atoms with Crippen LogP contribution in [0.15, 0.2) is 48.5 Å². The average molecular weight is 539 g/mol. The van der Waals surface area contributed by atoms with Crippen LogP contribution in [-0.2, 0) is 27.2 Å². The Morgan fingerprint density at radius 2 is 1.68 bits per heavy atom. The van der Waals surface area contributed by atoms with Gasteiger partial charge in [-0.1, -0.05) is 67.3 Å². The summed E-state index contributed by atoms with van der Waals surface area (Å²) in [6, 6.07) is 16.3. The Morgan fingerprint density at radius 3 is 2.39 bits per heavy atom. The molecule has 0 spiro atoms. The van der Waals surface area contributed by atoms with Crippen molar-refractivity contribution in [3.8, 4) is 0 Å². The Kier molecular flexibility index (Phi) is 10.7. The van der Waals surface area contributed by atoms with E-state index < -0.39 is 5.92 Å². The van der Waals surface area contributed by atoms with Crippen molar-refractivity contribution in [1.82, 2.24) is 10.2 Å². The maximum absolute atomic E-state index is 14.0. The molecule has 206 valence electrons. The largest absolute Gasteiger partial charge is 0.462 e. The quantitative estimate of drug-likeness (QED) is 0.359. The van der Waals surface area contributed by atoms with E-state index in [0.29, 0.717) is 11.6 Å². The zero-order valence-electron chi connectivity index (χ0n) is 23.0. The van der Waals surface area contributed by atoms with E-state index in [1.807, 2.05) is 49.3 Å². The van der Waals surface area contributed by atoms with Gasteiger partial charge in [-0.3, -0.25) is 9.59 Å². The van der Waals surface area contributed by atoms with Gasteiger partial charge in [-0.2, -0.15) is 0 Å². The highest BCUT2D eigenvalue weighted by Crippen LogP contribution is 2.40. The highest BCUT2D eigenvalue weighted by Gasteiger charge is 2.38. The summed E-state index contributed by atoms with van der Waals surface area (Å²) in [5, 5.41) is 4.08. The van der Waals surface area contributed by atoms with E-state index in [4.69, 9.17) is 16.3 Å². The topological polar surface area (TPSA) is 58.6 Å². The van der Waals surface area contributed by atoms with E-state index in [9.17, 15) is 9.59 Å². The van der Waals surface area contributed by atoms with E-state index in [-0.39, 0.29) is 36.4 Å². The van der Waals surface area contributed by atoms with E-state index in [1.165, 1.54) is 36.0 Å². The number of amides is 1. The van der Waals surface area contributed by atoms with Gasteiger partial charge in [0.15, 0.2) is 0 Å². The van der Waals surface area contributed by atoms with E-state index in [2.05, 4.69) is 23.5 Å². The molecular formula is C32H43ClN2O3.